The third-order valence-electron chi connectivity index (χ3n) is 1.69. The van der Waals surface area contributed by atoms with Gasteiger partial charge >= 0.3 is 0 Å². The molecule has 1 fully saturated rings. The number of carbonyl (C=O) groups excluding carboxylic acids is 1. The molecule has 0 aromatic heterocycles. The van der Waals surface area contributed by atoms with Gasteiger partial charge in [-0.05, 0) is 6.08 Å². The molecule has 3 heteroatoms. The summed E-state index contributed by atoms with van der Waals surface area (Å²) in [4.78, 5) is 10.6. The van der Waals surface area contributed by atoms with E-state index in [1.807, 2.05) is 0 Å². The predicted octanol–water partition coefficient (Wildman–Crippen LogP) is 1.79. The van der Waals surface area contributed by atoms with Gasteiger partial charge in [-0.15, -0.1) is 0 Å². The number of carbonyl (C=O) groups is 1. The van der Waals surface area contributed by atoms with Crippen molar-refractivity contribution in [3.63, 3.8) is 0 Å². The van der Waals surface area contributed by atoms with Crippen molar-refractivity contribution in [2.75, 3.05) is 0 Å². The van der Waals surface area contributed by atoms with Crippen LogP contribution in [0.25, 0.3) is 0 Å². The van der Waals surface area contributed by atoms with Crippen molar-refractivity contribution in [1.29, 1.82) is 0 Å². The standard InChI is InChI=1S/C7H8F2O/c1-2-6(10)5-3-7(8,9)4-5/h2,5H,1,3-4H2. The average Bonchev–Trinajstić information content (AvgIpc) is 1.81. The van der Waals surface area contributed by atoms with Gasteiger partial charge < -0.3 is 0 Å². The lowest BCUT2D eigenvalue weighted by molar-refractivity contribution is -0.143. The van der Waals surface area contributed by atoms with Crippen molar-refractivity contribution >= 4 is 5.78 Å². The first-order valence-corrected chi connectivity index (χ1v) is 3.09. The molecule has 0 aliphatic heterocycles. The van der Waals surface area contributed by atoms with Crippen molar-refractivity contribution in [2.24, 2.45) is 5.92 Å². The van der Waals surface area contributed by atoms with E-state index in [9.17, 15) is 13.6 Å². The van der Waals surface area contributed by atoms with Gasteiger partial charge in [0.05, 0.1) is 0 Å². The summed E-state index contributed by atoms with van der Waals surface area (Å²) in [6.45, 7) is 3.22. The summed E-state index contributed by atoms with van der Waals surface area (Å²) in [7, 11) is 0. The lowest BCUT2D eigenvalue weighted by Crippen LogP contribution is -2.39. The van der Waals surface area contributed by atoms with Gasteiger partial charge in [0, 0.05) is 18.8 Å². The normalized spacial score (nSPS) is 23.4. The number of alkyl halides is 2. The SMILES string of the molecule is C=CC(=O)C1CC(F)(F)C1. The number of hydrogen-bond acceptors (Lipinski definition) is 1. The van der Waals surface area contributed by atoms with E-state index in [-0.39, 0.29) is 18.6 Å². The minimum Gasteiger partial charge on any atom is -0.295 e. The molecule has 0 radical (unpaired) electrons. The molecule has 56 valence electrons. The summed E-state index contributed by atoms with van der Waals surface area (Å²) in [5.41, 5.74) is 0. The summed E-state index contributed by atoms with van der Waals surface area (Å²) in [5.74, 6) is -3.32. The van der Waals surface area contributed by atoms with Crippen LogP contribution < -0.4 is 0 Å². The van der Waals surface area contributed by atoms with Gasteiger partial charge in [0.2, 0.25) is 5.92 Å². The highest BCUT2D eigenvalue weighted by atomic mass is 19.3. The lowest BCUT2D eigenvalue weighted by Gasteiger charge is -2.32. The maximum Gasteiger partial charge on any atom is 0.249 e. The molecule has 0 amide bonds. The Balaban J connectivity index is 2.39. The summed E-state index contributed by atoms with van der Waals surface area (Å²) in [6, 6.07) is 0. The van der Waals surface area contributed by atoms with Gasteiger partial charge in [-0.1, -0.05) is 6.58 Å². The van der Waals surface area contributed by atoms with Crippen molar-refractivity contribution in [3.05, 3.63) is 12.7 Å². The third-order valence-corrected chi connectivity index (χ3v) is 1.69. The zero-order chi connectivity index (χ0) is 7.78. The van der Waals surface area contributed by atoms with E-state index < -0.39 is 11.8 Å². The second-order valence-electron chi connectivity index (χ2n) is 2.57. The molecule has 10 heavy (non-hydrogen) atoms. The van der Waals surface area contributed by atoms with E-state index in [1.54, 1.807) is 0 Å². The Morgan fingerprint density at radius 2 is 2.10 bits per heavy atom. The minimum absolute atomic E-state index is 0.258. The average molecular weight is 146 g/mol. The molecule has 1 rings (SSSR count). The topological polar surface area (TPSA) is 17.1 Å². The molecule has 0 atom stereocenters. The van der Waals surface area contributed by atoms with Crippen LogP contribution >= 0.6 is 0 Å². The van der Waals surface area contributed by atoms with Crippen LogP contribution in [0.15, 0.2) is 12.7 Å². The monoisotopic (exact) mass is 146 g/mol. The first-order chi connectivity index (χ1) is 4.55. The molecule has 1 nitrogen and oxygen atoms in total. The summed E-state index contributed by atoms with van der Waals surface area (Å²) in [6.07, 6.45) is 0.523. The Morgan fingerprint density at radius 1 is 1.60 bits per heavy atom. The van der Waals surface area contributed by atoms with Crippen molar-refractivity contribution in [1.82, 2.24) is 0 Å². The number of hydrogen-bond donors (Lipinski definition) is 0. The second-order valence-corrected chi connectivity index (χ2v) is 2.57. The van der Waals surface area contributed by atoms with Crippen molar-refractivity contribution in [3.8, 4) is 0 Å². The van der Waals surface area contributed by atoms with E-state index in [0.717, 1.165) is 6.08 Å². The molecule has 1 aliphatic carbocycles. The predicted molar refractivity (Wildman–Crippen MR) is 32.9 cm³/mol. The molecule has 0 unspecified atom stereocenters. The number of rotatable bonds is 2. The van der Waals surface area contributed by atoms with Crippen LogP contribution in [0.4, 0.5) is 8.78 Å². The van der Waals surface area contributed by atoms with Crippen molar-refractivity contribution in [2.45, 2.75) is 18.8 Å². The fraction of sp³-hybridized carbons (Fsp3) is 0.571. The summed E-state index contributed by atoms with van der Waals surface area (Å²) in [5, 5.41) is 0. The molecule has 0 bridgehead atoms. The number of halogens is 2. The smallest absolute Gasteiger partial charge is 0.249 e. The number of allylic oxidation sites excluding steroid dienone is 1. The van der Waals surface area contributed by atoms with Gasteiger partial charge in [-0.25, -0.2) is 8.78 Å². The van der Waals surface area contributed by atoms with Gasteiger partial charge in [0.15, 0.2) is 5.78 Å². The molecule has 0 N–H and O–H groups in total. The van der Waals surface area contributed by atoms with E-state index in [4.69, 9.17) is 0 Å². The Bertz CT molecular complexity index is 166. The number of ketones is 1. The summed E-state index contributed by atoms with van der Waals surface area (Å²) >= 11 is 0. The highest BCUT2D eigenvalue weighted by Gasteiger charge is 2.47. The first-order valence-electron chi connectivity index (χ1n) is 3.09. The highest BCUT2D eigenvalue weighted by molar-refractivity contribution is 5.92. The molecular weight excluding hydrogens is 138 g/mol. The molecule has 0 saturated heterocycles. The van der Waals surface area contributed by atoms with Crippen LogP contribution in [-0.2, 0) is 4.79 Å². The fourth-order valence-electron chi connectivity index (χ4n) is 1.03. The highest BCUT2D eigenvalue weighted by Crippen LogP contribution is 2.42. The zero-order valence-electron chi connectivity index (χ0n) is 5.44. The molecular formula is C7H8F2O. The van der Waals surface area contributed by atoms with Crippen molar-refractivity contribution < 1.29 is 13.6 Å². The molecule has 0 heterocycles. The second kappa shape index (κ2) is 2.15. The Kier molecular flexibility index (Phi) is 1.58. The van der Waals surface area contributed by atoms with Crippen LogP contribution in [-0.4, -0.2) is 11.7 Å². The van der Waals surface area contributed by atoms with Gasteiger partial charge in [0.25, 0.3) is 0 Å². The zero-order valence-corrected chi connectivity index (χ0v) is 5.44. The van der Waals surface area contributed by atoms with Gasteiger partial charge in [-0.2, -0.15) is 0 Å². The first kappa shape index (κ1) is 7.38. The maximum absolute atomic E-state index is 12.1. The van der Waals surface area contributed by atoms with E-state index in [2.05, 4.69) is 6.58 Å². The fourth-order valence-corrected chi connectivity index (χ4v) is 1.03. The molecule has 1 aliphatic rings. The van der Waals surface area contributed by atoms with Gasteiger partial charge in [0.1, 0.15) is 0 Å². The van der Waals surface area contributed by atoms with E-state index in [1.165, 1.54) is 0 Å². The Hall–Kier alpha value is -0.730. The summed E-state index contributed by atoms with van der Waals surface area (Å²) < 4.78 is 24.2. The Morgan fingerprint density at radius 3 is 2.40 bits per heavy atom. The Labute approximate surface area is 57.7 Å². The van der Waals surface area contributed by atoms with Gasteiger partial charge in [-0.3, -0.25) is 4.79 Å². The molecule has 0 aromatic rings. The largest absolute Gasteiger partial charge is 0.295 e. The van der Waals surface area contributed by atoms with Crippen LogP contribution in [0.5, 0.6) is 0 Å². The maximum atomic E-state index is 12.1. The third kappa shape index (κ3) is 1.23. The quantitative estimate of drug-likeness (QED) is 0.543. The van der Waals surface area contributed by atoms with E-state index >= 15 is 0 Å². The molecule has 0 aromatic carbocycles. The molecule has 0 spiro atoms. The molecule has 1 saturated carbocycles. The van der Waals surface area contributed by atoms with Crippen LogP contribution in [0, 0.1) is 5.92 Å². The van der Waals surface area contributed by atoms with E-state index in [0.29, 0.717) is 0 Å². The van der Waals surface area contributed by atoms with Crippen LogP contribution in [0.2, 0.25) is 0 Å². The van der Waals surface area contributed by atoms with Crippen LogP contribution in [0.3, 0.4) is 0 Å². The lowest BCUT2D eigenvalue weighted by atomic mass is 9.78. The minimum atomic E-state index is -2.59. The van der Waals surface area contributed by atoms with Crippen LogP contribution in [0.1, 0.15) is 12.8 Å².